The topological polar surface area (TPSA) is 49.7 Å². The molecular formula is C15H21Br2ClO3. The van der Waals surface area contributed by atoms with Crippen LogP contribution in [0.25, 0.3) is 0 Å². The van der Waals surface area contributed by atoms with Gasteiger partial charge in [-0.25, -0.2) is 0 Å². The Morgan fingerprint density at radius 1 is 1.29 bits per heavy atom. The van der Waals surface area contributed by atoms with Crippen molar-refractivity contribution < 1.29 is 14.9 Å². The number of alkyl halides is 3. The van der Waals surface area contributed by atoms with Crippen LogP contribution >= 0.6 is 43.5 Å². The fraction of sp³-hybridized carbons (Fsp3) is 0.867. The van der Waals surface area contributed by atoms with E-state index in [0.29, 0.717) is 12.0 Å². The maximum Gasteiger partial charge on any atom is 0.157 e. The molecular weight excluding hydrogens is 423 g/mol. The predicted molar refractivity (Wildman–Crippen MR) is 90.1 cm³/mol. The lowest BCUT2D eigenvalue weighted by Gasteiger charge is -2.58. The van der Waals surface area contributed by atoms with Gasteiger partial charge in [-0.2, -0.15) is 0 Å². The molecule has 1 heterocycles. The summed E-state index contributed by atoms with van der Waals surface area (Å²) < 4.78 is 5.27. The van der Waals surface area contributed by atoms with Gasteiger partial charge in [0.25, 0.3) is 0 Å². The second-order valence-corrected chi connectivity index (χ2v) is 10.6. The lowest BCUT2D eigenvalue weighted by atomic mass is 9.48. The molecule has 3 nitrogen and oxygen atoms in total. The van der Waals surface area contributed by atoms with Crippen LogP contribution in [-0.2, 0) is 4.74 Å². The van der Waals surface area contributed by atoms with Crippen molar-refractivity contribution in [1.82, 2.24) is 0 Å². The summed E-state index contributed by atoms with van der Waals surface area (Å²) in [5.74, 6) is 0. The molecule has 0 aromatic carbocycles. The molecule has 3 aliphatic rings. The number of hydrogen-bond donors (Lipinski definition) is 2. The van der Waals surface area contributed by atoms with Crippen molar-refractivity contribution in [2.24, 2.45) is 10.8 Å². The Bertz CT molecular complexity index is 509. The van der Waals surface area contributed by atoms with Crippen LogP contribution in [0.2, 0.25) is 0 Å². The largest absolute Gasteiger partial charge is 0.386 e. The van der Waals surface area contributed by atoms with Crippen LogP contribution in [0.3, 0.4) is 0 Å². The van der Waals surface area contributed by atoms with Crippen LogP contribution in [0.15, 0.2) is 12.2 Å². The zero-order chi connectivity index (χ0) is 16.0. The second-order valence-electron chi connectivity index (χ2n) is 7.42. The molecule has 0 amide bonds. The molecule has 2 saturated carbocycles. The van der Waals surface area contributed by atoms with E-state index in [1.54, 1.807) is 0 Å². The molecule has 21 heavy (non-hydrogen) atoms. The van der Waals surface area contributed by atoms with Crippen LogP contribution in [0.5, 0.6) is 0 Å². The van der Waals surface area contributed by atoms with Crippen molar-refractivity contribution in [3.63, 3.8) is 0 Å². The van der Waals surface area contributed by atoms with E-state index in [0.717, 1.165) is 6.42 Å². The summed E-state index contributed by atoms with van der Waals surface area (Å²) in [6, 6.07) is 0. The molecule has 1 saturated heterocycles. The normalized spacial score (nSPS) is 59.0. The summed E-state index contributed by atoms with van der Waals surface area (Å²) in [4.78, 5) is -0.344. The van der Waals surface area contributed by atoms with E-state index < -0.39 is 32.4 Å². The van der Waals surface area contributed by atoms with Crippen molar-refractivity contribution in [2.75, 3.05) is 0 Å². The van der Waals surface area contributed by atoms with Gasteiger partial charge in [0.1, 0.15) is 12.2 Å². The van der Waals surface area contributed by atoms with Gasteiger partial charge in [0.2, 0.25) is 0 Å². The molecule has 2 unspecified atom stereocenters. The first-order valence-electron chi connectivity index (χ1n) is 7.17. The third kappa shape index (κ3) is 1.71. The second kappa shape index (κ2) is 4.48. The number of hydrogen-bond acceptors (Lipinski definition) is 3. The number of aliphatic hydroxyl groups excluding tert-OH is 2. The predicted octanol–water partition coefficient (Wildman–Crippen LogP) is 3.34. The van der Waals surface area contributed by atoms with Crippen molar-refractivity contribution in [2.45, 2.75) is 66.1 Å². The van der Waals surface area contributed by atoms with Crippen molar-refractivity contribution >= 4 is 43.5 Å². The fourth-order valence-electron chi connectivity index (χ4n) is 4.59. The maximum absolute atomic E-state index is 10.5. The SMILES string of the molecule is C=C1[C@H](O)[C@@H](O)[C@]2(Br)OC3CC(C)(Cl)[C@@H](Br)C[C@]13C2(C)C. The van der Waals surface area contributed by atoms with E-state index in [9.17, 15) is 10.2 Å². The van der Waals surface area contributed by atoms with Crippen LogP contribution in [0, 0.1) is 10.8 Å². The quantitative estimate of drug-likeness (QED) is 0.445. The molecule has 2 N–H and O–H groups in total. The molecule has 0 radical (unpaired) electrons. The highest BCUT2D eigenvalue weighted by molar-refractivity contribution is 9.10. The third-order valence-corrected chi connectivity index (χ3v) is 9.84. The number of fused-ring (bicyclic) bond motifs is 1. The molecule has 3 rings (SSSR count). The standard InChI is InChI=1S/C15H21Br2ClO3/c1-7-10(19)11(20)15(17)12(2,3)14(7)5-8(16)13(4,18)6-9(14)21-15/h8-11,19-20H,1,5-6H2,2-4H3/t8-,9?,10-,11+,13?,14-,15-/m0/s1. The summed E-state index contributed by atoms with van der Waals surface area (Å²) in [7, 11) is 0. The lowest BCUT2D eigenvalue weighted by molar-refractivity contribution is -0.126. The summed E-state index contributed by atoms with van der Waals surface area (Å²) >= 11 is 14.0. The zero-order valence-electron chi connectivity index (χ0n) is 12.4. The van der Waals surface area contributed by atoms with Crippen LogP contribution in [0.4, 0.5) is 0 Å². The van der Waals surface area contributed by atoms with E-state index >= 15 is 0 Å². The fourth-order valence-corrected chi connectivity index (χ4v) is 6.33. The first-order chi connectivity index (χ1) is 9.42. The van der Waals surface area contributed by atoms with Crippen molar-refractivity contribution in [3.8, 4) is 0 Å². The number of aliphatic hydroxyl groups is 2. The Kier molecular flexibility index (Phi) is 3.57. The van der Waals surface area contributed by atoms with Crippen molar-refractivity contribution in [3.05, 3.63) is 12.2 Å². The van der Waals surface area contributed by atoms with Crippen LogP contribution in [-0.4, -0.2) is 42.7 Å². The van der Waals surface area contributed by atoms with Gasteiger partial charge in [-0.05, 0) is 25.3 Å². The smallest absolute Gasteiger partial charge is 0.157 e. The number of halogens is 3. The van der Waals surface area contributed by atoms with Gasteiger partial charge < -0.3 is 14.9 Å². The highest BCUT2D eigenvalue weighted by Gasteiger charge is 2.77. The third-order valence-electron chi connectivity index (χ3n) is 6.18. The minimum atomic E-state index is -1.05. The molecule has 6 heteroatoms. The Hall–Kier alpha value is 0.870. The summed E-state index contributed by atoms with van der Waals surface area (Å²) in [6.45, 7) is 10.3. The molecule has 1 spiro atoms. The van der Waals surface area contributed by atoms with Gasteiger partial charge in [-0.15, -0.1) is 11.6 Å². The highest BCUT2D eigenvalue weighted by Crippen LogP contribution is 2.73. The van der Waals surface area contributed by atoms with Gasteiger partial charge >= 0.3 is 0 Å². The Balaban J connectivity index is 2.19. The molecule has 2 bridgehead atoms. The molecule has 2 aliphatic carbocycles. The molecule has 1 aliphatic heterocycles. The highest BCUT2D eigenvalue weighted by atomic mass is 79.9. The number of rotatable bonds is 0. The minimum absolute atomic E-state index is 0.0832. The van der Waals surface area contributed by atoms with Gasteiger partial charge in [0.15, 0.2) is 4.51 Å². The van der Waals surface area contributed by atoms with Gasteiger partial charge in [-0.1, -0.05) is 52.3 Å². The van der Waals surface area contributed by atoms with Crippen LogP contribution in [0.1, 0.15) is 33.6 Å². The molecule has 3 fully saturated rings. The molecule has 0 aromatic rings. The Morgan fingerprint density at radius 3 is 2.43 bits per heavy atom. The lowest BCUT2D eigenvalue weighted by Crippen LogP contribution is -2.64. The Labute approximate surface area is 147 Å². The summed E-state index contributed by atoms with van der Waals surface area (Å²) in [6.07, 6.45) is -0.865. The monoisotopic (exact) mass is 442 g/mol. The van der Waals surface area contributed by atoms with E-state index in [1.807, 2.05) is 6.92 Å². The van der Waals surface area contributed by atoms with Crippen LogP contribution < -0.4 is 0 Å². The first kappa shape index (κ1) is 16.7. The minimum Gasteiger partial charge on any atom is -0.386 e. The van der Waals surface area contributed by atoms with Gasteiger partial charge in [0, 0.05) is 15.7 Å². The number of ether oxygens (including phenoxy) is 1. The molecule has 120 valence electrons. The first-order valence-corrected chi connectivity index (χ1v) is 9.25. The Morgan fingerprint density at radius 2 is 1.86 bits per heavy atom. The summed E-state index contributed by atoms with van der Waals surface area (Å²) in [5, 5.41) is 21.0. The van der Waals surface area contributed by atoms with E-state index in [2.05, 4.69) is 52.3 Å². The average Bonchev–Trinajstić information content (AvgIpc) is 2.50. The summed E-state index contributed by atoms with van der Waals surface area (Å²) in [5.41, 5.74) is -0.175. The zero-order valence-corrected chi connectivity index (χ0v) is 16.3. The maximum atomic E-state index is 10.5. The van der Waals surface area contributed by atoms with Gasteiger partial charge in [-0.3, -0.25) is 0 Å². The van der Waals surface area contributed by atoms with E-state index in [-0.39, 0.29) is 10.9 Å². The van der Waals surface area contributed by atoms with Crippen molar-refractivity contribution in [1.29, 1.82) is 0 Å². The molecule has 7 atom stereocenters. The van der Waals surface area contributed by atoms with Gasteiger partial charge in [0.05, 0.1) is 11.0 Å². The average molecular weight is 445 g/mol. The molecule has 0 aromatic heterocycles. The van der Waals surface area contributed by atoms with E-state index in [1.165, 1.54) is 0 Å². The van der Waals surface area contributed by atoms with E-state index in [4.69, 9.17) is 16.3 Å².